The van der Waals surface area contributed by atoms with Crippen molar-refractivity contribution in [3.63, 3.8) is 0 Å². The van der Waals surface area contributed by atoms with E-state index in [0.29, 0.717) is 25.0 Å². The van der Waals surface area contributed by atoms with Crippen LogP contribution in [0.25, 0.3) is 0 Å². The second-order valence-electron chi connectivity index (χ2n) is 4.26. The lowest BCUT2D eigenvalue weighted by molar-refractivity contribution is -0.139. The second-order valence-corrected chi connectivity index (χ2v) is 5.82. The van der Waals surface area contributed by atoms with Crippen LogP contribution in [0.4, 0.5) is 4.79 Å². The number of nitrogens with one attached hydrogen (secondary N) is 2. The van der Waals surface area contributed by atoms with Crippen LogP contribution < -0.4 is 10.6 Å². The average molecular weight is 278 g/mol. The zero-order valence-corrected chi connectivity index (χ0v) is 11.9. The number of carboxylic acid groups (broad SMARTS) is 1. The highest BCUT2D eigenvalue weighted by atomic mass is 32.2. The minimum atomic E-state index is -1.03. The van der Waals surface area contributed by atoms with Gasteiger partial charge in [-0.1, -0.05) is 13.3 Å². The third-order valence-electron chi connectivity index (χ3n) is 2.40. The molecule has 0 aliphatic carbocycles. The van der Waals surface area contributed by atoms with Crippen molar-refractivity contribution < 1.29 is 18.9 Å². The summed E-state index contributed by atoms with van der Waals surface area (Å²) in [6, 6.07) is -1.49. The third kappa shape index (κ3) is 8.05. The molecule has 0 aliphatic heterocycles. The molecule has 0 spiro atoms. The summed E-state index contributed by atoms with van der Waals surface area (Å²) in [7, 11) is -0.888. The Morgan fingerprint density at radius 3 is 2.33 bits per heavy atom. The van der Waals surface area contributed by atoms with Crippen molar-refractivity contribution in [2.75, 3.05) is 12.0 Å². The van der Waals surface area contributed by atoms with Gasteiger partial charge < -0.3 is 15.7 Å². The molecular weight excluding hydrogens is 256 g/mol. The average Bonchev–Trinajstić information content (AvgIpc) is 2.25. The van der Waals surface area contributed by atoms with E-state index >= 15 is 0 Å². The molecule has 0 saturated carbocycles. The highest BCUT2D eigenvalue weighted by Gasteiger charge is 2.19. The number of amides is 2. The number of carbonyl (C=O) groups is 2. The van der Waals surface area contributed by atoms with Gasteiger partial charge in [-0.25, -0.2) is 9.59 Å². The van der Waals surface area contributed by atoms with Crippen molar-refractivity contribution in [2.24, 2.45) is 0 Å². The molecule has 0 radical (unpaired) electrons. The molecular formula is C11H22N2O4S. The Balaban J connectivity index is 4.07. The van der Waals surface area contributed by atoms with Gasteiger partial charge in [-0.05, 0) is 19.8 Å². The zero-order valence-electron chi connectivity index (χ0n) is 11.1. The molecule has 3 N–H and O–H groups in total. The lowest BCUT2D eigenvalue weighted by atomic mass is 10.2. The van der Waals surface area contributed by atoms with E-state index < -0.39 is 28.8 Å². The molecule has 106 valence electrons. The first-order valence-corrected chi connectivity index (χ1v) is 7.69. The molecule has 0 saturated heterocycles. The standard InChI is InChI=1S/C11H22N2O4S/c1-4-5-9(10(14)15)13-11(16)12-8(2)6-7-18(3)17/h8-9H,4-7H2,1-3H3,(H,14,15)(H2,12,13,16). The molecule has 0 fully saturated rings. The summed E-state index contributed by atoms with van der Waals surface area (Å²) in [6.45, 7) is 3.65. The Morgan fingerprint density at radius 1 is 1.28 bits per heavy atom. The highest BCUT2D eigenvalue weighted by molar-refractivity contribution is 7.84. The van der Waals surface area contributed by atoms with Crippen LogP contribution in [-0.4, -0.2) is 45.4 Å². The van der Waals surface area contributed by atoms with Gasteiger partial charge in [-0.15, -0.1) is 0 Å². The van der Waals surface area contributed by atoms with Crippen LogP contribution in [0.3, 0.4) is 0 Å². The summed E-state index contributed by atoms with van der Waals surface area (Å²) in [5.41, 5.74) is 0. The van der Waals surface area contributed by atoms with Crippen LogP contribution in [0.1, 0.15) is 33.1 Å². The van der Waals surface area contributed by atoms with Gasteiger partial charge in [0.25, 0.3) is 0 Å². The Labute approximate surface area is 110 Å². The number of carbonyl (C=O) groups excluding carboxylic acids is 1. The minimum Gasteiger partial charge on any atom is -0.480 e. The molecule has 18 heavy (non-hydrogen) atoms. The van der Waals surface area contributed by atoms with Crippen molar-refractivity contribution >= 4 is 22.8 Å². The predicted molar refractivity (Wildman–Crippen MR) is 71.0 cm³/mol. The molecule has 0 heterocycles. The number of carboxylic acids is 1. The molecule has 0 aromatic heterocycles. The monoisotopic (exact) mass is 278 g/mol. The maximum Gasteiger partial charge on any atom is 0.326 e. The predicted octanol–water partition coefficient (Wildman–Crippen LogP) is 0.696. The summed E-state index contributed by atoms with van der Waals surface area (Å²) in [5.74, 6) is -0.520. The molecule has 2 amide bonds. The highest BCUT2D eigenvalue weighted by Crippen LogP contribution is 1.98. The molecule has 0 aromatic carbocycles. The molecule has 3 atom stereocenters. The van der Waals surface area contributed by atoms with E-state index in [9.17, 15) is 13.8 Å². The number of rotatable bonds is 8. The minimum absolute atomic E-state index is 0.134. The normalized spacial score (nSPS) is 15.5. The largest absolute Gasteiger partial charge is 0.480 e. The number of urea groups is 1. The molecule has 0 rings (SSSR count). The summed E-state index contributed by atoms with van der Waals surface area (Å²) < 4.78 is 10.9. The Morgan fingerprint density at radius 2 is 1.89 bits per heavy atom. The van der Waals surface area contributed by atoms with Gasteiger partial charge in [0.2, 0.25) is 0 Å². The first kappa shape index (κ1) is 16.9. The van der Waals surface area contributed by atoms with Crippen LogP contribution in [0.2, 0.25) is 0 Å². The van der Waals surface area contributed by atoms with E-state index in [1.165, 1.54) is 0 Å². The van der Waals surface area contributed by atoms with Gasteiger partial charge >= 0.3 is 12.0 Å². The van der Waals surface area contributed by atoms with Crippen LogP contribution in [0, 0.1) is 0 Å². The smallest absolute Gasteiger partial charge is 0.326 e. The van der Waals surface area contributed by atoms with Crippen molar-refractivity contribution in [3.8, 4) is 0 Å². The van der Waals surface area contributed by atoms with Crippen molar-refractivity contribution in [3.05, 3.63) is 0 Å². The Hall–Kier alpha value is -1.11. The van der Waals surface area contributed by atoms with Gasteiger partial charge in [0.15, 0.2) is 0 Å². The van der Waals surface area contributed by atoms with Gasteiger partial charge in [0.1, 0.15) is 6.04 Å². The van der Waals surface area contributed by atoms with Gasteiger partial charge in [-0.2, -0.15) is 0 Å². The number of hydrogen-bond donors (Lipinski definition) is 3. The first-order chi connectivity index (χ1) is 8.36. The molecule has 0 aliphatic rings. The van der Waals surface area contributed by atoms with Crippen molar-refractivity contribution in [2.45, 2.75) is 45.2 Å². The van der Waals surface area contributed by atoms with Gasteiger partial charge in [0, 0.05) is 28.9 Å². The SMILES string of the molecule is CCCC(NC(=O)NC(C)CCS(C)=O)C(=O)O. The fourth-order valence-electron chi connectivity index (χ4n) is 1.38. The summed E-state index contributed by atoms with van der Waals surface area (Å²) in [6.07, 6.45) is 3.29. The fraction of sp³-hybridized carbons (Fsp3) is 0.818. The van der Waals surface area contributed by atoms with E-state index in [0.717, 1.165) is 0 Å². The molecule has 6 nitrogen and oxygen atoms in total. The molecule has 0 aromatic rings. The van der Waals surface area contributed by atoms with Crippen LogP contribution in [-0.2, 0) is 15.6 Å². The van der Waals surface area contributed by atoms with E-state index in [-0.39, 0.29) is 6.04 Å². The maximum absolute atomic E-state index is 11.5. The van der Waals surface area contributed by atoms with Crippen molar-refractivity contribution in [1.82, 2.24) is 10.6 Å². The lowest BCUT2D eigenvalue weighted by Gasteiger charge is -2.17. The third-order valence-corrected chi connectivity index (χ3v) is 3.21. The summed E-state index contributed by atoms with van der Waals surface area (Å²) >= 11 is 0. The van der Waals surface area contributed by atoms with Gasteiger partial charge in [-0.3, -0.25) is 4.21 Å². The lowest BCUT2D eigenvalue weighted by Crippen LogP contribution is -2.48. The second kappa shape index (κ2) is 8.91. The van der Waals surface area contributed by atoms with Crippen LogP contribution in [0.5, 0.6) is 0 Å². The molecule has 7 heteroatoms. The number of hydrogen-bond acceptors (Lipinski definition) is 3. The molecule has 0 bridgehead atoms. The zero-order chi connectivity index (χ0) is 14.1. The maximum atomic E-state index is 11.5. The van der Waals surface area contributed by atoms with Crippen molar-refractivity contribution in [1.29, 1.82) is 0 Å². The number of aliphatic carboxylic acids is 1. The van der Waals surface area contributed by atoms with Crippen LogP contribution in [0.15, 0.2) is 0 Å². The quantitative estimate of drug-likeness (QED) is 0.609. The summed E-state index contributed by atoms with van der Waals surface area (Å²) in [4.78, 5) is 22.4. The van der Waals surface area contributed by atoms with E-state index in [1.54, 1.807) is 13.2 Å². The van der Waals surface area contributed by atoms with Gasteiger partial charge in [0.05, 0.1) is 0 Å². The van der Waals surface area contributed by atoms with Crippen LogP contribution >= 0.6 is 0 Å². The first-order valence-electron chi connectivity index (χ1n) is 5.96. The van der Waals surface area contributed by atoms with E-state index in [4.69, 9.17) is 5.11 Å². The fourth-order valence-corrected chi connectivity index (χ4v) is 2.07. The topological polar surface area (TPSA) is 95.5 Å². The van der Waals surface area contributed by atoms with E-state index in [2.05, 4.69) is 10.6 Å². The molecule has 3 unspecified atom stereocenters. The van der Waals surface area contributed by atoms with E-state index in [1.807, 2.05) is 6.92 Å². The Kier molecular flexibility index (Phi) is 8.36. The summed E-state index contributed by atoms with van der Waals surface area (Å²) in [5, 5.41) is 13.9. The Bertz CT molecular complexity index is 309.